The maximum Gasteiger partial charge on any atom is 0.573 e. The summed E-state index contributed by atoms with van der Waals surface area (Å²) in [5.41, 5.74) is 1.54. The zero-order valence-corrected chi connectivity index (χ0v) is 21.3. The van der Waals surface area contributed by atoms with Crippen molar-refractivity contribution in [2.24, 2.45) is 0 Å². The van der Waals surface area contributed by atoms with E-state index in [9.17, 15) is 31.2 Å². The number of hydrogen-bond acceptors (Lipinski definition) is 8. The van der Waals surface area contributed by atoms with Crippen molar-refractivity contribution in [1.29, 1.82) is 0 Å². The monoisotopic (exact) mass is 561 g/mol. The standard InChI is InChI=1S/C26H22F3N3O6S/c1-37-25(34)23(14-15-32-24(33)21-4-2-3-5-22(21)30-31-32)39(35,36)16-17-6-8-18(9-7-17)19-10-12-20(13-11-19)38-26(27,28)29/h2-13,23H,14-16H2,1H3. The van der Waals surface area contributed by atoms with Gasteiger partial charge in [-0.05, 0) is 47.4 Å². The van der Waals surface area contributed by atoms with Crippen molar-refractivity contribution in [2.75, 3.05) is 7.11 Å². The maximum absolute atomic E-state index is 13.2. The molecule has 1 atom stereocenters. The summed E-state index contributed by atoms with van der Waals surface area (Å²) in [5.74, 6) is -1.81. The molecule has 204 valence electrons. The minimum absolute atomic E-state index is 0.178. The van der Waals surface area contributed by atoms with E-state index in [1.807, 2.05) is 0 Å². The van der Waals surface area contributed by atoms with Crippen molar-refractivity contribution in [3.05, 3.63) is 88.7 Å². The highest BCUT2D eigenvalue weighted by molar-refractivity contribution is 7.92. The van der Waals surface area contributed by atoms with Crippen LogP contribution in [0.5, 0.6) is 5.75 Å². The first-order valence-electron chi connectivity index (χ1n) is 11.5. The van der Waals surface area contributed by atoms with Gasteiger partial charge in [0.1, 0.15) is 11.3 Å². The highest BCUT2D eigenvalue weighted by atomic mass is 32.2. The van der Waals surface area contributed by atoms with Gasteiger partial charge in [0.05, 0.1) is 18.2 Å². The molecule has 0 radical (unpaired) electrons. The molecular weight excluding hydrogens is 539 g/mol. The zero-order valence-electron chi connectivity index (χ0n) is 20.5. The van der Waals surface area contributed by atoms with Crippen LogP contribution in [0.25, 0.3) is 22.0 Å². The number of carbonyl (C=O) groups is 1. The van der Waals surface area contributed by atoms with Gasteiger partial charge < -0.3 is 9.47 Å². The molecule has 4 aromatic rings. The molecule has 1 aromatic heterocycles. The molecule has 4 rings (SSSR count). The molecule has 0 N–H and O–H groups in total. The number of carbonyl (C=O) groups excluding carboxylic acids is 1. The Kier molecular flexibility index (Phi) is 8.00. The van der Waals surface area contributed by atoms with Crippen molar-refractivity contribution in [3.8, 4) is 16.9 Å². The number of ether oxygens (including phenoxy) is 2. The van der Waals surface area contributed by atoms with Crippen LogP contribution in [0.15, 0.2) is 77.6 Å². The summed E-state index contributed by atoms with van der Waals surface area (Å²) in [6, 6.07) is 18.1. The van der Waals surface area contributed by atoms with Crippen LogP contribution in [0.4, 0.5) is 13.2 Å². The Morgan fingerprint density at radius 2 is 1.59 bits per heavy atom. The molecule has 0 aliphatic rings. The number of alkyl halides is 3. The Labute approximate surface area is 220 Å². The lowest BCUT2D eigenvalue weighted by molar-refractivity contribution is -0.274. The molecular formula is C26H22F3N3O6S. The minimum atomic E-state index is -4.80. The first kappa shape index (κ1) is 27.8. The normalized spacial score (nSPS) is 12.7. The molecule has 1 heterocycles. The van der Waals surface area contributed by atoms with Gasteiger partial charge in [0.2, 0.25) is 0 Å². The lowest BCUT2D eigenvalue weighted by Gasteiger charge is -2.16. The maximum atomic E-state index is 13.2. The highest BCUT2D eigenvalue weighted by Gasteiger charge is 2.34. The van der Waals surface area contributed by atoms with Crippen LogP contribution in [0.1, 0.15) is 12.0 Å². The highest BCUT2D eigenvalue weighted by Crippen LogP contribution is 2.27. The summed E-state index contributed by atoms with van der Waals surface area (Å²) in [6.07, 6.45) is -5.05. The number of aromatic nitrogens is 3. The number of halogens is 3. The number of rotatable bonds is 9. The van der Waals surface area contributed by atoms with E-state index in [0.717, 1.165) is 11.8 Å². The first-order valence-corrected chi connectivity index (χ1v) is 13.3. The Morgan fingerprint density at radius 3 is 2.21 bits per heavy atom. The van der Waals surface area contributed by atoms with Gasteiger partial charge in [-0.3, -0.25) is 9.59 Å². The second-order valence-electron chi connectivity index (χ2n) is 8.51. The minimum Gasteiger partial charge on any atom is -0.468 e. The molecule has 0 spiro atoms. The largest absolute Gasteiger partial charge is 0.573 e. The predicted octanol–water partition coefficient (Wildman–Crippen LogP) is 3.90. The van der Waals surface area contributed by atoms with Gasteiger partial charge in [0.15, 0.2) is 15.1 Å². The van der Waals surface area contributed by atoms with Crippen LogP contribution in [-0.4, -0.2) is 48.1 Å². The number of aryl methyl sites for hydroxylation is 1. The van der Waals surface area contributed by atoms with E-state index >= 15 is 0 Å². The number of fused-ring (bicyclic) bond motifs is 1. The van der Waals surface area contributed by atoms with E-state index in [-0.39, 0.29) is 18.7 Å². The molecule has 13 heteroatoms. The Hall–Kier alpha value is -4.26. The second-order valence-corrected chi connectivity index (χ2v) is 10.7. The summed E-state index contributed by atoms with van der Waals surface area (Å²) in [5, 5.41) is 6.55. The molecule has 0 aliphatic carbocycles. The second kappa shape index (κ2) is 11.2. The molecule has 0 fully saturated rings. The third-order valence-electron chi connectivity index (χ3n) is 5.87. The number of methoxy groups -OCH3 is 1. The fourth-order valence-electron chi connectivity index (χ4n) is 3.96. The average Bonchev–Trinajstić information content (AvgIpc) is 2.89. The predicted molar refractivity (Wildman–Crippen MR) is 135 cm³/mol. The van der Waals surface area contributed by atoms with Crippen LogP contribution in [-0.2, 0) is 31.7 Å². The van der Waals surface area contributed by atoms with E-state index in [4.69, 9.17) is 4.74 Å². The number of nitrogens with zero attached hydrogens (tertiary/aromatic N) is 3. The fraction of sp³-hybridized carbons (Fsp3) is 0.231. The SMILES string of the molecule is COC(=O)C(CCn1nnc2ccccc2c1=O)S(=O)(=O)Cc1ccc(-c2ccc(OC(F)(F)F)cc2)cc1. The van der Waals surface area contributed by atoms with Crippen molar-refractivity contribution < 1.29 is 35.9 Å². The third kappa shape index (κ3) is 6.79. The summed E-state index contributed by atoms with van der Waals surface area (Å²) in [4.78, 5) is 25.1. The Balaban J connectivity index is 1.48. The quantitative estimate of drug-likeness (QED) is 0.283. The molecule has 9 nitrogen and oxygen atoms in total. The molecule has 0 saturated carbocycles. The van der Waals surface area contributed by atoms with E-state index in [2.05, 4.69) is 15.0 Å². The fourth-order valence-corrected chi connectivity index (χ4v) is 5.67. The molecule has 0 aliphatic heterocycles. The van der Waals surface area contributed by atoms with Crippen LogP contribution < -0.4 is 10.3 Å². The summed E-state index contributed by atoms with van der Waals surface area (Å²) in [7, 11) is -3.00. The van der Waals surface area contributed by atoms with E-state index in [1.165, 1.54) is 24.3 Å². The number of sulfone groups is 1. The average molecular weight is 562 g/mol. The third-order valence-corrected chi connectivity index (χ3v) is 7.90. The van der Waals surface area contributed by atoms with Gasteiger partial charge in [-0.2, -0.15) is 0 Å². The topological polar surface area (TPSA) is 117 Å². The van der Waals surface area contributed by atoms with Crippen molar-refractivity contribution in [3.63, 3.8) is 0 Å². The lowest BCUT2D eigenvalue weighted by atomic mass is 10.0. The van der Waals surface area contributed by atoms with Gasteiger partial charge in [0.25, 0.3) is 5.56 Å². The number of benzene rings is 3. The summed E-state index contributed by atoms with van der Waals surface area (Å²) >= 11 is 0. The first-order chi connectivity index (χ1) is 18.5. The van der Waals surface area contributed by atoms with Gasteiger partial charge in [-0.15, -0.1) is 18.3 Å². The van der Waals surface area contributed by atoms with E-state index in [0.29, 0.717) is 27.6 Å². The van der Waals surface area contributed by atoms with Crippen molar-refractivity contribution in [1.82, 2.24) is 15.0 Å². The lowest BCUT2D eigenvalue weighted by Crippen LogP contribution is -2.35. The van der Waals surface area contributed by atoms with Crippen molar-refractivity contribution >= 4 is 26.7 Å². The summed E-state index contributed by atoms with van der Waals surface area (Å²) < 4.78 is 73.1. The molecule has 0 saturated heterocycles. The van der Waals surface area contributed by atoms with Crippen LogP contribution in [0, 0.1) is 0 Å². The van der Waals surface area contributed by atoms with Crippen molar-refractivity contribution in [2.45, 2.75) is 30.3 Å². The molecule has 0 amide bonds. The van der Waals surface area contributed by atoms with Gasteiger partial charge in [0, 0.05) is 6.54 Å². The molecule has 1 unspecified atom stereocenters. The zero-order chi connectivity index (χ0) is 28.2. The van der Waals surface area contributed by atoms with Crippen LogP contribution in [0.3, 0.4) is 0 Å². The van der Waals surface area contributed by atoms with Crippen LogP contribution in [0.2, 0.25) is 0 Å². The van der Waals surface area contributed by atoms with Gasteiger partial charge in [-0.25, -0.2) is 13.1 Å². The number of esters is 1. The Bertz CT molecular complexity index is 1640. The number of hydrogen-bond donors (Lipinski definition) is 0. The van der Waals surface area contributed by atoms with Crippen LogP contribution >= 0.6 is 0 Å². The summed E-state index contributed by atoms with van der Waals surface area (Å²) in [6.45, 7) is -0.178. The van der Waals surface area contributed by atoms with E-state index in [1.54, 1.807) is 48.5 Å². The van der Waals surface area contributed by atoms with Gasteiger partial charge >= 0.3 is 12.3 Å². The van der Waals surface area contributed by atoms with E-state index < -0.39 is 38.7 Å². The van der Waals surface area contributed by atoms with Gasteiger partial charge in [-0.1, -0.05) is 53.7 Å². The molecule has 0 bridgehead atoms. The Morgan fingerprint density at radius 1 is 0.974 bits per heavy atom. The molecule has 39 heavy (non-hydrogen) atoms. The molecule has 3 aromatic carbocycles. The smallest absolute Gasteiger partial charge is 0.468 e.